The van der Waals surface area contributed by atoms with Crippen LogP contribution in [-0.4, -0.2) is 49.3 Å². The number of nitrogens with zero attached hydrogens (tertiary/aromatic N) is 5. The van der Waals surface area contributed by atoms with Crippen molar-refractivity contribution in [1.82, 2.24) is 24.6 Å². The molecule has 35 heavy (non-hydrogen) atoms. The minimum atomic E-state index is -2.06. The highest BCUT2D eigenvalue weighted by Gasteiger charge is 2.33. The molecule has 10 heteroatoms. The van der Waals surface area contributed by atoms with Gasteiger partial charge in [-0.05, 0) is 48.9 Å². The number of anilines is 1. The van der Waals surface area contributed by atoms with Crippen LogP contribution in [0.15, 0.2) is 54.9 Å². The fraction of sp³-hybridized carbons (Fsp3) is 0.200. The molecule has 5 rings (SSSR count). The summed E-state index contributed by atoms with van der Waals surface area (Å²) in [4.78, 5) is 21.9. The minimum absolute atomic E-state index is 0.203. The lowest BCUT2D eigenvalue weighted by Gasteiger charge is -2.16. The number of fused-ring (bicyclic) bond motifs is 1. The Morgan fingerprint density at radius 2 is 2.03 bits per heavy atom. The van der Waals surface area contributed by atoms with E-state index in [1.807, 2.05) is 42.5 Å². The van der Waals surface area contributed by atoms with E-state index in [1.165, 1.54) is 11.2 Å². The van der Waals surface area contributed by atoms with Crippen molar-refractivity contribution >= 4 is 34.4 Å². The maximum Gasteiger partial charge on any atom is 0.272 e. The molecule has 1 saturated heterocycles. The van der Waals surface area contributed by atoms with E-state index in [0.717, 1.165) is 11.1 Å². The molecule has 2 atom stereocenters. The molecule has 0 spiro atoms. The molecular weight excluding hydrogens is 471 g/mol. The molecule has 0 aliphatic carbocycles. The normalized spacial score (nSPS) is 16.3. The summed E-state index contributed by atoms with van der Waals surface area (Å²) in [6.45, 7) is 0.649. The average Bonchev–Trinajstić information content (AvgIpc) is 3.50. The zero-order chi connectivity index (χ0) is 24.5. The van der Waals surface area contributed by atoms with Crippen LogP contribution in [-0.2, 0) is 4.79 Å². The number of halogens is 2. The third-order valence-corrected chi connectivity index (χ3v) is 6.08. The second kappa shape index (κ2) is 9.24. The number of benzene rings is 2. The van der Waals surface area contributed by atoms with Crippen LogP contribution < -0.4 is 10.5 Å². The molecule has 0 saturated carbocycles. The topological polar surface area (TPSA) is 99.2 Å². The fourth-order valence-corrected chi connectivity index (χ4v) is 4.34. The number of nitrogens with two attached hydrogens (primary N) is 1. The maximum atomic E-state index is 13.3. The summed E-state index contributed by atoms with van der Waals surface area (Å²) < 4.78 is 21.0. The first-order valence-electron chi connectivity index (χ1n) is 10.8. The quantitative estimate of drug-likeness (QED) is 0.333. The molecule has 2 N–H and O–H groups in total. The van der Waals surface area contributed by atoms with Crippen molar-refractivity contribution in [3.63, 3.8) is 0 Å². The number of hydrogen-bond donors (Lipinski definition) is 1. The number of nitrogen functional groups attached to an aromatic ring is 1. The van der Waals surface area contributed by atoms with Crippen LogP contribution in [0.4, 0.5) is 10.2 Å². The second-order valence-electron chi connectivity index (χ2n) is 8.08. The summed E-state index contributed by atoms with van der Waals surface area (Å²) in [5.74, 6) is 3.39. The predicted octanol–water partition coefficient (Wildman–Crippen LogP) is 4.16. The van der Waals surface area contributed by atoms with Gasteiger partial charge in [-0.15, -0.1) is 6.42 Å². The highest BCUT2D eigenvalue weighted by molar-refractivity contribution is 6.29. The number of rotatable bonds is 5. The molecule has 0 bridgehead atoms. The highest BCUT2D eigenvalue weighted by Crippen LogP contribution is 2.35. The van der Waals surface area contributed by atoms with Crippen molar-refractivity contribution in [2.45, 2.75) is 18.1 Å². The van der Waals surface area contributed by atoms with Crippen molar-refractivity contribution in [2.75, 3.05) is 18.8 Å². The van der Waals surface area contributed by atoms with Gasteiger partial charge in [-0.3, -0.25) is 4.79 Å². The van der Waals surface area contributed by atoms with Crippen molar-refractivity contribution in [3.05, 3.63) is 60.4 Å². The Hall–Kier alpha value is -4.16. The number of aromatic nitrogens is 4. The number of ether oxygens (including phenoxy) is 1. The Bertz CT molecular complexity index is 1450. The lowest BCUT2D eigenvalue weighted by molar-refractivity contribution is -0.132. The number of hydrogen-bond acceptors (Lipinski definition) is 6. The molecular formula is C25H20ClFN6O2. The van der Waals surface area contributed by atoms with Gasteiger partial charge in [0.05, 0.1) is 11.4 Å². The standard InChI is InChI=1S/C25H20ClFN6O2/c1-2-15-4-3-5-19(12-15)35-18-8-6-16(7-9-18)21-20-23(28)29-14-30-24(20)33(31-21)17-10-11-32(13-17)25(34)22(26)27/h1,3-9,12,14,17,22H,10-11,13H2,(H2,28,29,30). The third-order valence-electron chi connectivity index (χ3n) is 5.89. The molecule has 3 heterocycles. The first-order chi connectivity index (χ1) is 16.9. The summed E-state index contributed by atoms with van der Waals surface area (Å²) in [5.41, 5.74) is 6.80. The monoisotopic (exact) mass is 490 g/mol. The molecule has 8 nitrogen and oxygen atoms in total. The maximum absolute atomic E-state index is 13.3. The molecule has 176 valence electrons. The third kappa shape index (κ3) is 4.36. The van der Waals surface area contributed by atoms with E-state index in [0.29, 0.717) is 41.2 Å². The Labute approximate surface area is 205 Å². The van der Waals surface area contributed by atoms with Crippen LogP contribution in [0.25, 0.3) is 22.3 Å². The van der Waals surface area contributed by atoms with E-state index in [-0.39, 0.29) is 18.4 Å². The van der Waals surface area contributed by atoms with Gasteiger partial charge >= 0.3 is 0 Å². The van der Waals surface area contributed by atoms with Gasteiger partial charge in [0.25, 0.3) is 11.5 Å². The van der Waals surface area contributed by atoms with Crippen molar-refractivity contribution < 1.29 is 13.9 Å². The summed E-state index contributed by atoms with van der Waals surface area (Å²) in [5, 5.41) is 5.39. The van der Waals surface area contributed by atoms with Crippen LogP contribution in [0.3, 0.4) is 0 Å². The van der Waals surface area contributed by atoms with Gasteiger partial charge in [-0.2, -0.15) is 5.10 Å². The molecule has 1 fully saturated rings. The molecule has 0 radical (unpaired) electrons. The number of carbonyl (C=O) groups excluding carboxylic acids is 1. The van der Waals surface area contributed by atoms with Gasteiger partial charge in [0, 0.05) is 24.2 Å². The van der Waals surface area contributed by atoms with Crippen LogP contribution in [0.1, 0.15) is 18.0 Å². The minimum Gasteiger partial charge on any atom is -0.457 e. The summed E-state index contributed by atoms with van der Waals surface area (Å²) in [6.07, 6.45) is 7.41. The summed E-state index contributed by atoms with van der Waals surface area (Å²) >= 11 is 5.34. The smallest absolute Gasteiger partial charge is 0.272 e. The number of alkyl halides is 2. The number of amides is 1. The van der Waals surface area contributed by atoms with E-state index >= 15 is 0 Å². The molecule has 1 amide bonds. The zero-order valence-electron chi connectivity index (χ0n) is 18.4. The van der Waals surface area contributed by atoms with Crippen LogP contribution >= 0.6 is 11.6 Å². The Morgan fingerprint density at radius 3 is 2.77 bits per heavy atom. The first-order valence-corrected chi connectivity index (χ1v) is 11.3. The Kier molecular flexibility index (Phi) is 5.97. The largest absolute Gasteiger partial charge is 0.457 e. The lowest BCUT2D eigenvalue weighted by atomic mass is 10.1. The van der Waals surface area contributed by atoms with Gasteiger partial charge in [-0.1, -0.05) is 23.6 Å². The van der Waals surface area contributed by atoms with Gasteiger partial charge in [-0.25, -0.2) is 19.0 Å². The molecule has 2 aromatic carbocycles. The van der Waals surface area contributed by atoms with Gasteiger partial charge in [0.2, 0.25) is 0 Å². The highest BCUT2D eigenvalue weighted by atomic mass is 35.5. The van der Waals surface area contributed by atoms with Crippen molar-refractivity contribution in [1.29, 1.82) is 0 Å². The molecule has 1 aliphatic heterocycles. The van der Waals surface area contributed by atoms with Crippen LogP contribution in [0, 0.1) is 12.3 Å². The molecule has 2 aromatic heterocycles. The van der Waals surface area contributed by atoms with Crippen LogP contribution in [0.5, 0.6) is 11.5 Å². The fourth-order valence-electron chi connectivity index (χ4n) is 4.20. The predicted molar refractivity (Wildman–Crippen MR) is 131 cm³/mol. The van der Waals surface area contributed by atoms with Gasteiger partial charge in [0.15, 0.2) is 5.65 Å². The molecule has 4 aromatic rings. The summed E-state index contributed by atoms with van der Waals surface area (Å²) in [7, 11) is 0. The lowest BCUT2D eigenvalue weighted by Crippen LogP contribution is -2.33. The van der Waals surface area contributed by atoms with E-state index in [9.17, 15) is 9.18 Å². The molecule has 1 aliphatic rings. The van der Waals surface area contributed by atoms with Gasteiger partial charge < -0.3 is 15.4 Å². The average molecular weight is 491 g/mol. The van der Waals surface area contributed by atoms with Crippen LogP contribution in [0.2, 0.25) is 0 Å². The Balaban J connectivity index is 1.46. The first kappa shape index (κ1) is 22.6. The van der Waals surface area contributed by atoms with Gasteiger partial charge in [0.1, 0.15) is 29.3 Å². The van der Waals surface area contributed by atoms with E-state index in [4.69, 9.17) is 33.6 Å². The zero-order valence-corrected chi connectivity index (χ0v) is 19.2. The number of terminal acetylenes is 1. The summed E-state index contributed by atoms with van der Waals surface area (Å²) in [6, 6.07) is 14.4. The Morgan fingerprint density at radius 1 is 1.23 bits per heavy atom. The molecule has 2 unspecified atom stereocenters. The van der Waals surface area contributed by atoms with E-state index in [1.54, 1.807) is 10.7 Å². The van der Waals surface area contributed by atoms with E-state index < -0.39 is 11.5 Å². The van der Waals surface area contributed by atoms with E-state index in [2.05, 4.69) is 15.9 Å². The van der Waals surface area contributed by atoms with Crippen molar-refractivity contribution in [3.8, 4) is 35.1 Å². The number of likely N-dealkylation sites (tertiary alicyclic amines) is 1. The number of carbonyl (C=O) groups is 1. The SMILES string of the molecule is C#Cc1cccc(Oc2ccc(-c3nn(C4CCN(C(=O)C(F)Cl)C4)c4ncnc(N)c34)cc2)c1. The van der Waals surface area contributed by atoms with Crippen molar-refractivity contribution in [2.24, 2.45) is 0 Å². The second-order valence-corrected chi connectivity index (χ2v) is 8.46.